The van der Waals surface area contributed by atoms with E-state index in [1.807, 2.05) is 149 Å². The third kappa shape index (κ3) is 12.8. The van der Waals surface area contributed by atoms with Gasteiger partial charge in [-0.25, -0.2) is 0 Å². The Morgan fingerprint density at radius 2 is 0.588 bits per heavy atom. The van der Waals surface area contributed by atoms with Crippen LogP contribution in [0.25, 0.3) is 64.6 Å². The molecule has 2 aromatic heterocycles. The number of anilines is 2. The molecule has 0 saturated heterocycles. The predicted molar refractivity (Wildman–Crippen MR) is 449 cm³/mol. The lowest BCUT2D eigenvalue weighted by Crippen LogP contribution is -2.47. The molecule has 2 unspecified atom stereocenters. The van der Waals surface area contributed by atoms with Gasteiger partial charge in [0.2, 0.25) is 0 Å². The molecule has 2 N–H and O–H groups in total. The fourth-order valence-corrected chi connectivity index (χ4v) is 16.3. The first-order valence-electron chi connectivity index (χ1n) is 38.6. The minimum Gasteiger partial charge on any atom is -0.456 e. The number of nitrogens with zero attached hydrogens (tertiary/aromatic N) is 4. The highest BCUT2D eigenvalue weighted by molar-refractivity contribution is 6.45. The van der Waals surface area contributed by atoms with Gasteiger partial charge in [-0.2, -0.15) is 0 Å². The number of pyridine rings is 2. The van der Waals surface area contributed by atoms with E-state index in [1.54, 1.807) is 73.1 Å². The zero-order valence-corrected chi connectivity index (χ0v) is 65.3. The molecule has 16 heteroatoms. The van der Waals surface area contributed by atoms with Crippen molar-refractivity contribution in [2.24, 2.45) is 0 Å². The maximum absolute atomic E-state index is 16.9. The van der Waals surface area contributed by atoms with Gasteiger partial charge in [-0.15, -0.1) is 0 Å². The van der Waals surface area contributed by atoms with Crippen molar-refractivity contribution in [3.63, 3.8) is 0 Å². The zero-order valence-electron chi connectivity index (χ0n) is 65.3. The molecule has 16 nitrogen and oxygen atoms in total. The molecule has 0 saturated carbocycles. The van der Waals surface area contributed by atoms with Gasteiger partial charge in [-0.05, 0) is 202 Å². The van der Waals surface area contributed by atoms with Crippen molar-refractivity contribution in [1.29, 1.82) is 0 Å². The molecule has 17 rings (SSSR count). The molecular formula is C98H82N6O10. The topological polar surface area (TPSA) is 196 Å². The molecule has 114 heavy (non-hydrogen) atoms. The fourth-order valence-electron chi connectivity index (χ4n) is 16.3. The predicted octanol–water partition coefficient (Wildman–Crippen LogP) is 23.7. The standard InChI is InChI=1S/C98H82N6O10/c1-51(2)61-27-33-75(55(9)39-61)111-79-45-71-83-72(96(108)103(95(71)107)91(67-23-17-37-99-49-67)93(105)101-69-31-25-59-19-13-15-21-65(59)43-69)47-81(113-77-35-29-63(53(5)6)41-57(77)11)87-88-82(114-78-36-30-64(54(7)8)42-58(78)12)48-74-84-73(46-80(86(90(84)88)85(79)89(83)87)112-76-34-28-62(52(3)4)40-56(76)10)97(109)104(98(74)110)92(68-24-18-38-100-50-68)94(106)102-70-32-26-60-20-14-16-22-66(60)44-70/h13-54,91-92H,1-12H3,(H,101,105)(H,102,106). The third-order valence-corrected chi connectivity index (χ3v) is 22.4. The molecule has 15 aromatic rings. The Kier molecular flexibility index (Phi) is 18.6. The quantitative estimate of drug-likeness (QED) is 0.0417. The minimum absolute atomic E-state index is 0.0175. The van der Waals surface area contributed by atoms with Crippen molar-refractivity contribution in [2.75, 3.05) is 10.6 Å². The molecule has 2 aliphatic heterocycles. The van der Waals surface area contributed by atoms with Crippen molar-refractivity contribution < 1.29 is 47.7 Å². The number of rotatable bonds is 20. The second-order valence-corrected chi connectivity index (χ2v) is 31.3. The van der Waals surface area contributed by atoms with E-state index in [1.165, 1.54) is 12.4 Å². The summed E-state index contributed by atoms with van der Waals surface area (Å²) in [7, 11) is 0. The Balaban J connectivity index is 1.02. The molecule has 13 aromatic carbocycles. The molecule has 0 fully saturated rings. The van der Waals surface area contributed by atoms with Crippen LogP contribution in [0.5, 0.6) is 46.0 Å². The molecule has 2 atom stereocenters. The van der Waals surface area contributed by atoms with Crippen LogP contribution in [0.3, 0.4) is 0 Å². The zero-order chi connectivity index (χ0) is 79.4. The summed E-state index contributed by atoms with van der Waals surface area (Å²) in [5.74, 6) is -2.28. The normalized spacial score (nSPS) is 13.4. The Labute approximate surface area is 659 Å². The van der Waals surface area contributed by atoms with Gasteiger partial charge in [-0.1, -0.05) is 177 Å². The summed E-state index contributed by atoms with van der Waals surface area (Å²) in [6.45, 7) is 24.6. The summed E-state index contributed by atoms with van der Waals surface area (Å²) in [5, 5.41) is 11.8. The Morgan fingerprint density at radius 3 is 0.851 bits per heavy atom. The third-order valence-electron chi connectivity index (χ3n) is 22.4. The van der Waals surface area contributed by atoms with Crippen LogP contribution in [0, 0.1) is 27.7 Å². The van der Waals surface area contributed by atoms with Crippen LogP contribution in [-0.4, -0.2) is 55.2 Å². The second-order valence-electron chi connectivity index (χ2n) is 31.3. The van der Waals surface area contributed by atoms with E-state index in [0.29, 0.717) is 34.4 Å². The van der Waals surface area contributed by atoms with Crippen molar-refractivity contribution in [2.45, 2.75) is 119 Å². The summed E-state index contributed by atoms with van der Waals surface area (Å²) in [5.41, 5.74) is 8.40. The van der Waals surface area contributed by atoms with Crippen molar-refractivity contribution in [1.82, 2.24) is 19.8 Å². The van der Waals surface area contributed by atoms with Gasteiger partial charge >= 0.3 is 0 Å². The number of hydrogen-bond donors (Lipinski definition) is 2. The average molecular weight is 1500 g/mol. The number of benzene rings is 13. The van der Waals surface area contributed by atoms with Crippen LogP contribution >= 0.6 is 0 Å². The van der Waals surface area contributed by atoms with Crippen LogP contribution in [0.1, 0.15) is 188 Å². The van der Waals surface area contributed by atoms with Gasteiger partial charge in [-0.3, -0.25) is 48.5 Å². The van der Waals surface area contributed by atoms with E-state index in [2.05, 4.69) is 100 Å². The Morgan fingerprint density at radius 1 is 0.298 bits per heavy atom. The van der Waals surface area contributed by atoms with E-state index in [4.69, 9.17) is 18.9 Å². The lowest BCUT2D eigenvalue weighted by atomic mass is 9.80. The smallest absolute Gasteiger partial charge is 0.262 e. The van der Waals surface area contributed by atoms with E-state index >= 15 is 28.8 Å². The SMILES string of the molecule is Cc1cc(C(C)C)ccc1Oc1cc2c3c(cc(Oc4ccc(C(C)C)cc4C)c4c5c(Oc6ccc(C(C)C)cc6C)cc6c7c(cc(Oc8ccc(C(C)C)cc8C)c(c1c34)c75)C(=O)N(C(C(=O)Nc1ccc3ccccc3c1)c1cccnc1)C6=O)C(=O)N(C(C(=O)Nc1ccc3ccccc3c1)c1cccnc1)C2=O. The van der Waals surface area contributed by atoms with Crippen LogP contribution in [0.2, 0.25) is 0 Å². The maximum Gasteiger partial charge on any atom is 0.262 e. The highest BCUT2D eigenvalue weighted by atomic mass is 16.5. The molecule has 564 valence electrons. The van der Waals surface area contributed by atoms with Gasteiger partial charge < -0.3 is 29.6 Å². The number of aryl methyl sites for hydroxylation is 4. The number of ether oxygens (including phenoxy) is 4. The summed E-state index contributed by atoms with van der Waals surface area (Å²) >= 11 is 0. The monoisotopic (exact) mass is 1500 g/mol. The van der Waals surface area contributed by atoms with Crippen LogP contribution in [-0.2, 0) is 9.59 Å². The molecule has 0 bridgehead atoms. The molecule has 4 heterocycles. The first-order chi connectivity index (χ1) is 55.0. The maximum atomic E-state index is 16.9. The summed E-state index contributed by atoms with van der Waals surface area (Å²) in [4.78, 5) is 110. The van der Waals surface area contributed by atoms with Gasteiger partial charge in [0.25, 0.3) is 35.4 Å². The highest BCUT2D eigenvalue weighted by Crippen LogP contribution is 2.59. The van der Waals surface area contributed by atoms with Crippen molar-refractivity contribution in [3.8, 4) is 46.0 Å². The molecule has 0 spiro atoms. The van der Waals surface area contributed by atoms with Crippen LogP contribution in [0.15, 0.2) is 231 Å². The highest BCUT2D eigenvalue weighted by Gasteiger charge is 2.47. The van der Waals surface area contributed by atoms with Crippen LogP contribution in [0.4, 0.5) is 11.4 Å². The van der Waals surface area contributed by atoms with Crippen molar-refractivity contribution >= 4 is 111 Å². The number of aromatic nitrogens is 2. The van der Waals surface area contributed by atoms with Crippen LogP contribution < -0.4 is 29.6 Å². The second kappa shape index (κ2) is 28.9. The first kappa shape index (κ1) is 73.2. The summed E-state index contributed by atoms with van der Waals surface area (Å²) < 4.78 is 30.3. The summed E-state index contributed by atoms with van der Waals surface area (Å²) in [6.07, 6.45) is 6.05. The largest absolute Gasteiger partial charge is 0.456 e. The number of amides is 6. The van der Waals surface area contributed by atoms with E-state index in [9.17, 15) is 0 Å². The lowest BCUT2D eigenvalue weighted by Gasteiger charge is -2.36. The average Bonchev–Trinajstić information content (AvgIpc) is 0.668. The van der Waals surface area contributed by atoms with Gasteiger partial charge in [0.1, 0.15) is 58.1 Å². The number of carbonyl (C=O) groups excluding carboxylic acids is 6. The van der Waals surface area contributed by atoms with Gasteiger partial charge in [0.15, 0.2) is 0 Å². The number of hydrogen-bond acceptors (Lipinski definition) is 12. The first-order valence-corrected chi connectivity index (χ1v) is 38.6. The van der Waals surface area contributed by atoms with E-state index in [0.717, 1.165) is 75.9 Å². The molecular weight excluding hydrogens is 1420 g/mol. The van der Waals surface area contributed by atoms with E-state index in [-0.39, 0.29) is 123 Å². The molecule has 0 radical (unpaired) electrons. The van der Waals surface area contributed by atoms with Gasteiger partial charge in [0, 0.05) is 90.4 Å². The Bertz CT molecular complexity index is 5910. The Hall–Kier alpha value is -13.6. The number of nitrogens with one attached hydrogen (secondary N) is 2. The molecule has 0 aliphatic carbocycles. The number of imide groups is 2. The summed E-state index contributed by atoms with van der Waals surface area (Å²) in [6, 6.07) is 60.1. The number of fused-ring (bicyclic) bond motifs is 4. The number of carbonyl (C=O) groups is 6. The van der Waals surface area contributed by atoms with Crippen molar-refractivity contribution in [3.05, 3.63) is 309 Å². The fraction of sp³-hybridized carbons (Fsp3) is 0.184. The lowest BCUT2D eigenvalue weighted by molar-refractivity contribution is -0.120. The van der Waals surface area contributed by atoms with E-state index < -0.39 is 47.5 Å². The molecule has 2 aliphatic rings. The minimum atomic E-state index is -1.63. The molecule has 6 amide bonds. The van der Waals surface area contributed by atoms with Gasteiger partial charge in [0.05, 0.1) is 22.3 Å².